The minimum absolute atomic E-state index is 0.0466. The molecule has 0 atom stereocenters. The molecule has 1 aromatic rings. The number of hydrogen-bond acceptors (Lipinski definition) is 2. The van der Waals surface area contributed by atoms with E-state index in [0.29, 0.717) is 11.7 Å². The van der Waals surface area contributed by atoms with Gasteiger partial charge in [0, 0.05) is 18.8 Å². The SMILES string of the molecule is CCn1ccc(C(=O)NC2CC2)n1. The van der Waals surface area contributed by atoms with Gasteiger partial charge in [-0.2, -0.15) is 5.10 Å². The second-order valence-corrected chi connectivity index (χ2v) is 3.30. The number of amides is 1. The molecule has 1 aromatic heterocycles. The van der Waals surface area contributed by atoms with E-state index in [-0.39, 0.29) is 5.91 Å². The van der Waals surface area contributed by atoms with Crippen LogP contribution in [0, 0.1) is 0 Å². The monoisotopic (exact) mass is 179 g/mol. The Bertz CT molecular complexity index is 314. The van der Waals surface area contributed by atoms with Crippen LogP contribution < -0.4 is 5.32 Å². The van der Waals surface area contributed by atoms with E-state index in [1.807, 2.05) is 13.1 Å². The normalized spacial score (nSPS) is 15.8. The van der Waals surface area contributed by atoms with Crippen molar-refractivity contribution in [2.75, 3.05) is 0 Å². The lowest BCUT2D eigenvalue weighted by molar-refractivity contribution is 0.0945. The predicted octanol–water partition coefficient (Wildman–Crippen LogP) is 0.795. The highest BCUT2D eigenvalue weighted by molar-refractivity contribution is 5.92. The zero-order valence-electron chi connectivity index (χ0n) is 7.66. The van der Waals surface area contributed by atoms with Crippen LogP contribution in [0.4, 0.5) is 0 Å². The fraction of sp³-hybridized carbons (Fsp3) is 0.556. The molecule has 1 fully saturated rings. The van der Waals surface area contributed by atoms with Crippen LogP contribution in [0.2, 0.25) is 0 Å². The summed E-state index contributed by atoms with van der Waals surface area (Å²) < 4.78 is 1.75. The molecule has 0 unspecified atom stereocenters. The van der Waals surface area contributed by atoms with Gasteiger partial charge < -0.3 is 5.32 Å². The summed E-state index contributed by atoms with van der Waals surface area (Å²) in [6.45, 7) is 2.80. The van der Waals surface area contributed by atoms with Crippen LogP contribution in [-0.2, 0) is 6.54 Å². The molecule has 1 N–H and O–H groups in total. The smallest absolute Gasteiger partial charge is 0.271 e. The average molecular weight is 179 g/mol. The molecule has 1 saturated carbocycles. The molecule has 4 heteroatoms. The van der Waals surface area contributed by atoms with Crippen molar-refractivity contribution in [3.8, 4) is 0 Å². The van der Waals surface area contributed by atoms with Gasteiger partial charge in [0.2, 0.25) is 0 Å². The van der Waals surface area contributed by atoms with Gasteiger partial charge in [-0.25, -0.2) is 0 Å². The molecule has 0 saturated heterocycles. The molecule has 13 heavy (non-hydrogen) atoms. The summed E-state index contributed by atoms with van der Waals surface area (Å²) in [7, 11) is 0. The number of rotatable bonds is 3. The molecule has 0 radical (unpaired) electrons. The minimum atomic E-state index is -0.0466. The summed E-state index contributed by atoms with van der Waals surface area (Å²) in [4.78, 5) is 11.4. The largest absolute Gasteiger partial charge is 0.348 e. The second kappa shape index (κ2) is 3.20. The molecule has 0 aliphatic heterocycles. The number of nitrogens with zero attached hydrogens (tertiary/aromatic N) is 2. The third kappa shape index (κ3) is 1.88. The lowest BCUT2D eigenvalue weighted by atomic mass is 10.4. The molecule has 70 valence electrons. The van der Waals surface area contributed by atoms with E-state index < -0.39 is 0 Å². The molecule has 1 aliphatic carbocycles. The zero-order valence-corrected chi connectivity index (χ0v) is 7.66. The average Bonchev–Trinajstić information content (AvgIpc) is 2.82. The van der Waals surface area contributed by atoms with E-state index in [1.54, 1.807) is 10.7 Å². The van der Waals surface area contributed by atoms with Gasteiger partial charge in [0.25, 0.3) is 5.91 Å². The van der Waals surface area contributed by atoms with Crippen molar-refractivity contribution in [1.29, 1.82) is 0 Å². The van der Waals surface area contributed by atoms with Gasteiger partial charge in [0.1, 0.15) is 5.69 Å². The highest BCUT2D eigenvalue weighted by Gasteiger charge is 2.24. The van der Waals surface area contributed by atoms with Crippen molar-refractivity contribution in [3.63, 3.8) is 0 Å². The van der Waals surface area contributed by atoms with Gasteiger partial charge in [-0.3, -0.25) is 9.48 Å². The molecule has 2 rings (SSSR count). The third-order valence-corrected chi connectivity index (χ3v) is 2.11. The number of aryl methyl sites for hydroxylation is 1. The Balaban J connectivity index is 2.01. The number of carbonyl (C=O) groups is 1. The highest BCUT2D eigenvalue weighted by atomic mass is 16.2. The maximum Gasteiger partial charge on any atom is 0.271 e. The highest BCUT2D eigenvalue weighted by Crippen LogP contribution is 2.18. The molecular weight excluding hydrogens is 166 g/mol. The van der Waals surface area contributed by atoms with Gasteiger partial charge in [0.15, 0.2) is 0 Å². The lowest BCUT2D eigenvalue weighted by Crippen LogP contribution is -2.25. The van der Waals surface area contributed by atoms with Crippen molar-refractivity contribution in [2.24, 2.45) is 0 Å². The third-order valence-electron chi connectivity index (χ3n) is 2.11. The fourth-order valence-electron chi connectivity index (χ4n) is 1.15. The number of aromatic nitrogens is 2. The van der Waals surface area contributed by atoms with Crippen LogP contribution in [0.3, 0.4) is 0 Å². The molecular formula is C9H13N3O. The molecule has 0 aromatic carbocycles. The van der Waals surface area contributed by atoms with E-state index in [9.17, 15) is 4.79 Å². The Hall–Kier alpha value is -1.32. The Morgan fingerprint density at radius 1 is 1.77 bits per heavy atom. The Labute approximate surface area is 76.9 Å². The summed E-state index contributed by atoms with van der Waals surface area (Å²) in [5.41, 5.74) is 0.522. The summed E-state index contributed by atoms with van der Waals surface area (Å²) in [5.74, 6) is -0.0466. The van der Waals surface area contributed by atoms with Crippen molar-refractivity contribution in [1.82, 2.24) is 15.1 Å². The first-order chi connectivity index (χ1) is 6.29. The van der Waals surface area contributed by atoms with Gasteiger partial charge in [-0.05, 0) is 25.8 Å². The van der Waals surface area contributed by atoms with E-state index in [1.165, 1.54) is 0 Å². The first-order valence-corrected chi connectivity index (χ1v) is 4.64. The van der Waals surface area contributed by atoms with Crippen molar-refractivity contribution >= 4 is 5.91 Å². The van der Waals surface area contributed by atoms with Crippen molar-refractivity contribution < 1.29 is 4.79 Å². The van der Waals surface area contributed by atoms with Crippen LogP contribution in [0.15, 0.2) is 12.3 Å². The topological polar surface area (TPSA) is 46.9 Å². The van der Waals surface area contributed by atoms with Crippen LogP contribution in [0.25, 0.3) is 0 Å². The van der Waals surface area contributed by atoms with Gasteiger partial charge >= 0.3 is 0 Å². The van der Waals surface area contributed by atoms with Crippen LogP contribution in [0.5, 0.6) is 0 Å². The van der Waals surface area contributed by atoms with E-state index >= 15 is 0 Å². The zero-order chi connectivity index (χ0) is 9.26. The quantitative estimate of drug-likeness (QED) is 0.745. The minimum Gasteiger partial charge on any atom is -0.348 e. The summed E-state index contributed by atoms with van der Waals surface area (Å²) in [6, 6.07) is 2.15. The van der Waals surface area contributed by atoms with E-state index in [4.69, 9.17) is 0 Å². The lowest BCUT2D eigenvalue weighted by Gasteiger charge is -1.98. The summed E-state index contributed by atoms with van der Waals surface area (Å²) in [5, 5.41) is 7.01. The molecule has 0 bridgehead atoms. The molecule has 1 heterocycles. The van der Waals surface area contributed by atoms with Crippen LogP contribution in [0.1, 0.15) is 30.3 Å². The van der Waals surface area contributed by atoms with Gasteiger partial charge in [-0.1, -0.05) is 0 Å². The van der Waals surface area contributed by atoms with Gasteiger partial charge in [0.05, 0.1) is 0 Å². The van der Waals surface area contributed by atoms with Crippen LogP contribution >= 0.6 is 0 Å². The maximum absolute atomic E-state index is 11.4. The number of nitrogens with one attached hydrogen (secondary N) is 1. The van der Waals surface area contributed by atoms with Crippen molar-refractivity contribution in [2.45, 2.75) is 32.4 Å². The maximum atomic E-state index is 11.4. The Morgan fingerprint density at radius 3 is 3.08 bits per heavy atom. The fourth-order valence-corrected chi connectivity index (χ4v) is 1.15. The standard InChI is InChI=1S/C9H13N3O/c1-2-12-6-5-8(11-12)9(13)10-7-3-4-7/h5-7H,2-4H2,1H3,(H,10,13). The first-order valence-electron chi connectivity index (χ1n) is 4.64. The summed E-state index contributed by atoms with van der Waals surface area (Å²) >= 11 is 0. The van der Waals surface area contributed by atoms with Gasteiger partial charge in [-0.15, -0.1) is 0 Å². The predicted molar refractivity (Wildman–Crippen MR) is 48.4 cm³/mol. The number of carbonyl (C=O) groups excluding carboxylic acids is 1. The van der Waals surface area contributed by atoms with E-state index in [0.717, 1.165) is 19.4 Å². The first kappa shape index (κ1) is 8.29. The van der Waals surface area contributed by atoms with E-state index in [2.05, 4.69) is 10.4 Å². The molecule has 4 nitrogen and oxygen atoms in total. The molecule has 1 aliphatic rings. The van der Waals surface area contributed by atoms with Crippen molar-refractivity contribution in [3.05, 3.63) is 18.0 Å². The Morgan fingerprint density at radius 2 is 2.54 bits per heavy atom. The second-order valence-electron chi connectivity index (χ2n) is 3.30. The number of hydrogen-bond donors (Lipinski definition) is 1. The van der Waals surface area contributed by atoms with Crippen LogP contribution in [-0.4, -0.2) is 21.7 Å². The molecule has 0 spiro atoms. The Kier molecular flexibility index (Phi) is 2.04. The summed E-state index contributed by atoms with van der Waals surface area (Å²) in [6.07, 6.45) is 4.04. The molecule has 1 amide bonds.